The van der Waals surface area contributed by atoms with Crippen molar-refractivity contribution < 1.29 is 4.39 Å². The van der Waals surface area contributed by atoms with Crippen LogP contribution in [-0.4, -0.2) is 18.3 Å². The normalized spacial score (nSPS) is 12.6. The zero-order valence-corrected chi connectivity index (χ0v) is 11.5. The molecule has 1 nitrogen and oxygen atoms in total. The molecule has 1 aromatic rings. The van der Waals surface area contributed by atoms with Gasteiger partial charge in [0.1, 0.15) is 5.82 Å². The minimum atomic E-state index is -0.167. The van der Waals surface area contributed by atoms with Gasteiger partial charge in [0.05, 0.1) is 0 Å². The van der Waals surface area contributed by atoms with Crippen LogP contribution >= 0.6 is 11.8 Å². The number of rotatable bonds is 8. The van der Waals surface area contributed by atoms with Crippen molar-refractivity contribution in [3.8, 4) is 0 Å². The Bertz CT molecular complexity index is 300. The standard InChI is InChI=1S/C14H22FNS/c1-3-4-5-10-16-11-12(2)17-14-8-6-13(15)7-9-14/h6-9,12,16H,3-5,10-11H2,1-2H3. The molecule has 0 saturated carbocycles. The van der Waals surface area contributed by atoms with Crippen molar-refractivity contribution in [3.05, 3.63) is 30.1 Å². The first kappa shape index (κ1) is 14.5. The Morgan fingerprint density at radius 1 is 1.24 bits per heavy atom. The molecule has 1 atom stereocenters. The molecular weight excluding hydrogens is 233 g/mol. The minimum Gasteiger partial charge on any atom is -0.316 e. The second-order valence-corrected chi connectivity index (χ2v) is 5.81. The van der Waals surface area contributed by atoms with E-state index in [-0.39, 0.29) is 5.82 Å². The average molecular weight is 255 g/mol. The smallest absolute Gasteiger partial charge is 0.123 e. The molecule has 0 aliphatic rings. The van der Waals surface area contributed by atoms with Crippen LogP contribution in [0.2, 0.25) is 0 Å². The number of thioether (sulfide) groups is 1. The van der Waals surface area contributed by atoms with Crippen molar-refractivity contribution in [2.24, 2.45) is 0 Å². The van der Waals surface area contributed by atoms with Gasteiger partial charge in [-0.3, -0.25) is 0 Å². The fourth-order valence-electron chi connectivity index (χ4n) is 1.59. The Kier molecular flexibility index (Phi) is 7.29. The largest absolute Gasteiger partial charge is 0.316 e. The average Bonchev–Trinajstić information content (AvgIpc) is 2.32. The summed E-state index contributed by atoms with van der Waals surface area (Å²) in [6.07, 6.45) is 3.82. The molecule has 0 radical (unpaired) electrons. The maximum absolute atomic E-state index is 12.7. The van der Waals surface area contributed by atoms with Crippen LogP contribution in [-0.2, 0) is 0 Å². The van der Waals surface area contributed by atoms with Gasteiger partial charge in [-0.15, -0.1) is 11.8 Å². The van der Waals surface area contributed by atoms with Crippen molar-refractivity contribution in [2.45, 2.75) is 43.3 Å². The molecule has 1 unspecified atom stereocenters. The predicted molar refractivity (Wildman–Crippen MR) is 74.1 cm³/mol. The molecule has 0 bridgehead atoms. The third-order valence-corrected chi connectivity index (χ3v) is 3.65. The van der Waals surface area contributed by atoms with Crippen molar-refractivity contribution in [2.75, 3.05) is 13.1 Å². The van der Waals surface area contributed by atoms with E-state index >= 15 is 0 Å². The lowest BCUT2D eigenvalue weighted by atomic mass is 10.2. The third kappa shape index (κ3) is 6.69. The zero-order chi connectivity index (χ0) is 12.5. The van der Waals surface area contributed by atoms with Gasteiger partial charge in [-0.2, -0.15) is 0 Å². The van der Waals surface area contributed by atoms with Crippen molar-refractivity contribution in [1.82, 2.24) is 5.32 Å². The molecule has 0 spiro atoms. The molecule has 0 aliphatic heterocycles. The van der Waals surface area contributed by atoms with E-state index in [1.807, 2.05) is 12.1 Å². The molecule has 0 aromatic heterocycles. The van der Waals surface area contributed by atoms with E-state index in [0.29, 0.717) is 5.25 Å². The number of hydrogen-bond donors (Lipinski definition) is 1. The van der Waals surface area contributed by atoms with Crippen molar-refractivity contribution >= 4 is 11.8 Å². The maximum atomic E-state index is 12.7. The molecule has 0 fully saturated rings. The van der Waals surface area contributed by atoms with Gasteiger partial charge < -0.3 is 5.32 Å². The molecule has 1 rings (SSSR count). The highest BCUT2D eigenvalue weighted by Crippen LogP contribution is 2.22. The van der Waals surface area contributed by atoms with Gasteiger partial charge in [-0.25, -0.2) is 4.39 Å². The van der Waals surface area contributed by atoms with Crippen LogP contribution < -0.4 is 5.32 Å². The summed E-state index contributed by atoms with van der Waals surface area (Å²) >= 11 is 1.79. The van der Waals surface area contributed by atoms with E-state index in [2.05, 4.69) is 19.2 Å². The Balaban J connectivity index is 2.16. The van der Waals surface area contributed by atoms with Crippen LogP contribution in [0.1, 0.15) is 33.1 Å². The molecule has 0 aliphatic carbocycles. The summed E-state index contributed by atoms with van der Waals surface area (Å²) < 4.78 is 12.7. The lowest BCUT2D eigenvalue weighted by molar-refractivity contribution is 0.615. The molecule has 0 heterocycles. The molecule has 96 valence electrons. The van der Waals surface area contributed by atoms with E-state index in [4.69, 9.17) is 0 Å². The summed E-state index contributed by atoms with van der Waals surface area (Å²) in [5, 5.41) is 3.97. The van der Waals surface area contributed by atoms with Crippen LogP contribution in [0.5, 0.6) is 0 Å². The summed E-state index contributed by atoms with van der Waals surface area (Å²) in [6, 6.07) is 6.72. The molecule has 1 aromatic carbocycles. The number of nitrogens with one attached hydrogen (secondary N) is 1. The second kappa shape index (κ2) is 8.54. The molecule has 0 amide bonds. The van der Waals surface area contributed by atoms with Crippen LogP contribution in [0.3, 0.4) is 0 Å². The van der Waals surface area contributed by atoms with Crippen molar-refractivity contribution in [1.29, 1.82) is 0 Å². The summed E-state index contributed by atoms with van der Waals surface area (Å²) in [5.41, 5.74) is 0. The molecule has 3 heteroatoms. The predicted octanol–water partition coefficient (Wildman–Crippen LogP) is 4.09. The first-order chi connectivity index (χ1) is 8.22. The molecule has 17 heavy (non-hydrogen) atoms. The van der Waals surface area contributed by atoms with E-state index in [1.54, 1.807) is 11.8 Å². The SMILES string of the molecule is CCCCCNCC(C)Sc1ccc(F)cc1. The molecule has 0 saturated heterocycles. The van der Waals surface area contributed by atoms with Crippen LogP contribution in [0.4, 0.5) is 4.39 Å². The zero-order valence-electron chi connectivity index (χ0n) is 10.7. The fourth-order valence-corrected chi connectivity index (χ4v) is 2.55. The van der Waals surface area contributed by atoms with Gasteiger partial charge in [0.2, 0.25) is 0 Å². The summed E-state index contributed by atoms with van der Waals surface area (Å²) in [4.78, 5) is 1.13. The number of unbranched alkanes of at least 4 members (excludes halogenated alkanes) is 2. The third-order valence-electron chi connectivity index (χ3n) is 2.54. The molecular formula is C14H22FNS. The number of halogens is 1. The van der Waals surface area contributed by atoms with Gasteiger partial charge in [0.15, 0.2) is 0 Å². The Labute approximate surface area is 108 Å². The van der Waals surface area contributed by atoms with Gasteiger partial charge in [0, 0.05) is 16.7 Å². The van der Waals surface area contributed by atoms with Crippen LogP contribution in [0, 0.1) is 5.82 Å². The summed E-state index contributed by atoms with van der Waals surface area (Å²) in [7, 11) is 0. The Morgan fingerprint density at radius 3 is 2.59 bits per heavy atom. The fraction of sp³-hybridized carbons (Fsp3) is 0.571. The number of benzene rings is 1. The number of hydrogen-bond acceptors (Lipinski definition) is 2. The lowest BCUT2D eigenvalue weighted by Gasteiger charge is -2.12. The van der Waals surface area contributed by atoms with Gasteiger partial charge in [0.25, 0.3) is 0 Å². The lowest BCUT2D eigenvalue weighted by Crippen LogP contribution is -2.23. The van der Waals surface area contributed by atoms with E-state index in [1.165, 1.54) is 31.4 Å². The highest BCUT2D eigenvalue weighted by atomic mass is 32.2. The maximum Gasteiger partial charge on any atom is 0.123 e. The highest BCUT2D eigenvalue weighted by molar-refractivity contribution is 8.00. The minimum absolute atomic E-state index is 0.167. The van der Waals surface area contributed by atoms with Gasteiger partial charge in [-0.1, -0.05) is 26.7 Å². The highest BCUT2D eigenvalue weighted by Gasteiger charge is 2.03. The Morgan fingerprint density at radius 2 is 1.94 bits per heavy atom. The molecule has 1 N–H and O–H groups in total. The second-order valence-electron chi connectivity index (χ2n) is 4.29. The summed E-state index contributed by atoms with van der Waals surface area (Å²) in [5.74, 6) is -0.167. The topological polar surface area (TPSA) is 12.0 Å². The van der Waals surface area contributed by atoms with E-state index in [0.717, 1.165) is 18.0 Å². The Hall–Kier alpha value is -0.540. The van der Waals surface area contributed by atoms with Gasteiger partial charge in [-0.05, 0) is 37.2 Å². The van der Waals surface area contributed by atoms with E-state index < -0.39 is 0 Å². The van der Waals surface area contributed by atoms with Crippen molar-refractivity contribution in [3.63, 3.8) is 0 Å². The van der Waals surface area contributed by atoms with Crippen LogP contribution in [0.15, 0.2) is 29.2 Å². The first-order valence-corrected chi connectivity index (χ1v) is 7.23. The van der Waals surface area contributed by atoms with E-state index in [9.17, 15) is 4.39 Å². The van der Waals surface area contributed by atoms with Crippen LogP contribution in [0.25, 0.3) is 0 Å². The monoisotopic (exact) mass is 255 g/mol. The summed E-state index contributed by atoms with van der Waals surface area (Å²) in [6.45, 7) is 6.52. The van der Waals surface area contributed by atoms with Gasteiger partial charge >= 0.3 is 0 Å². The quantitative estimate of drug-likeness (QED) is 0.555. The first-order valence-electron chi connectivity index (χ1n) is 6.35.